The van der Waals surface area contributed by atoms with Crippen LogP contribution in [0.3, 0.4) is 0 Å². The van der Waals surface area contributed by atoms with Gasteiger partial charge >= 0.3 is 0 Å². The zero-order valence-corrected chi connectivity index (χ0v) is 11.5. The van der Waals surface area contributed by atoms with Gasteiger partial charge in [-0.2, -0.15) is 0 Å². The van der Waals surface area contributed by atoms with Crippen LogP contribution in [0, 0.1) is 5.92 Å². The molecule has 120 valence electrons. The van der Waals surface area contributed by atoms with Gasteiger partial charge < -0.3 is 26.8 Å². The van der Waals surface area contributed by atoms with Crippen LogP contribution in [0.25, 0.3) is 0 Å². The van der Waals surface area contributed by atoms with E-state index in [1.165, 1.54) is 0 Å². The van der Waals surface area contributed by atoms with Crippen LogP contribution < -0.4 is 11.5 Å². The molecule has 7 heteroatoms. The predicted octanol–water partition coefficient (Wildman–Crippen LogP) is -0.119. The highest BCUT2D eigenvalue weighted by Gasteiger charge is 2.32. The maximum Gasteiger partial charge on any atom is 0.0431 e. The van der Waals surface area contributed by atoms with Crippen LogP contribution >= 0.6 is 0 Å². The predicted molar refractivity (Wildman–Crippen MR) is 73.4 cm³/mol. The molecule has 0 aliphatic carbocycles. The van der Waals surface area contributed by atoms with Crippen molar-refractivity contribution in [2.24, 2.45) is 17.4 Å². The lowest BCUT2D eigenvalue weighted by molar-refractivity contribution is 0.168. The maximum atomic E-state index is 8.91. The number of aliphatic hydroxyl groups excluding tert-OH is 3. The fourth-order valence-corrected chi connectivity index (χ4v) is 2.33. The second-order valence-electron chi connectivity index (χ2n) is 4.69. The molecule has 0 saturated heterocycles. The topological polar surface area (TPSA) is 113 Å². The molecule has 5 nitrogen and oxygen atoms in total. The molecule has 0 heterocycles. The third-order valence-corrected chi connectivity index (χ3v) is 3.41. The summed E-state index contributed by atoms with van der Waals surface area (Å²) in [5.74, 6) is 0.132. The van der Waals surface area contributed by atoms with E-state index in [1.807, 2.05) is 0 Å². The Morgan fingerprint density at radius 2 is 1.26 bits per heavy atom. The molecule has 0 saturated carbocycles. The standard InChI is InChI=1S/C12H28N2O3.2FH/c13-10-11(4-1-7-15)12(14,5-2-8-16)6-3-9-17;;/h11,15-17H,1-10,13-14H2;2*1H. The summed E-state index contributed by atoms with van der Waals surface area (Å²) in [6, 6.07) is 0. The summed E-state index contributed by atoms with van der Waals surface area (Å²) < 4.78 is 0. The minimum absolute atomic E-state index is 0. The normalized spacial score (nSPS) is 12.5. The number of halogens is 2. The maximum absolute atomic E-state index is 8.91. The van der Waals surface area contributed by atoms with E-state index in [4.69, 9.17) is 26.8 Å². The first-order chi connectivity index (χ1) is 8.14. The van der Waals surface area contributed by atoms with Gasteiger partial charge in [0.05, 0.1) is 0 Å². The molecule has 0 aromatic rings. The molecular weight excluding hydrogens is 258 g/mol. The van der Waals surface area contributed by atoms with Gasteiger partial charge in [0.25, 0.3) is 0 Å². The van der Waals surface area contributed by atoms with Crippen molar-refractivity contribution in [1.82, 2.24) is 0 Å². The van der Waals surface area contributed by atoms with Crippen molar-refractivity contribution in [2.75, 3.05) is 26.4 Å². The Bertz CT molecular complexity index is 180. The molecule has 0 fully saturated rings. The second-order valence-corrected chi connectivity index (χ2v) is 4.69. The second kappa shape index (κ2) is 14.1. The summed E-state index contributed by atoms with van der Waals surface area (Å²) in [6.07, 6.45) is 4.20. The summed E-state index contributed by atoms with van der Waals surface area (Å²) in [5.41, 5.74) is 11.7. The van der Waals surface area contributed by atoms with Crippen molar-refractivity contribution in [3.8, 4) is 0 Å². The zero-order valence-electron chi connectivity index (χ0n) is 11.5. The number of aliphatic hydroxyl groups is 3. The van der Waals surface area contributed by atoms with Crippen molar-refractivity contribution in [2.45, 2.75) is 44.1 Å². The first-order valence-electron chi connectivity index (χ1n) is 6.46. The molecule has 0 aliphatic rings. The van der Waals surface area contributed by atoms with E-state index in [1.54, 1.807) is 0 Å². The van der Waals surface area contributed by atoms with Crippen LogP contribution in [0.4, 0.5) is 9.41 Å². The fraction of sp³-hybridized carbons (Fsp3) is 1.00. The molecule has 0 bridgehead atoms. The Kier molecular flexibility index (Phi) is 17.6. The summed E-state index contributed by atoms with van der Waals surface area (Å²) in [5, 5.41) is 26.7. The fourth-order valence-electron chi connectivity index (χ4n) is 2.33. The molecule has 19 heavy (non-hydrogen) atoms. The number of rotatable bonds is 11. The van der Waals surface area contributed by atoms with Gasteiger partial charge in [0.15, 0.2) is 0 Å². The Hall–Kier alpha value is -0.340. The lowest BCUT2D eigenvalue weighted by Gasteiger charge is -2.37. The van der Waals surface area contributed by atoms with Crippen LogP contribution in [0.15, 0.2) is 0 Å². The van der Waals surface area contributed by atoms with Crippen molar-refractivity contribution < 1.29 is 24.7 Å². The average Bonchev–Trinajstić information content (AvgIpc) is 2.35. The molecule has 7 N–H and O–H groups in total. The molecule has 0 spiro atoms. The molecule has 0 aliphatic heterocycles. The molecule has 0 aromatic heterocycles. The number of nitrogens with two attached hydrogens (primary N) is 2. The smallest absolute Gasteiger partial charge is 0.0431 e. The van der Waals surface area contributed by atoms with E-state index < -0.39 is 5.54 Å². The summed E-state index contributed by atoms with van der Waals surface area (Å²) in [7, 11) is 0. The molecular formula is C12H30F2N2O3. The summed E-state index contributed by atoms with van der Waals surface area (Å²) in [4.78, 5) is 0. The van der Waals surface area contributed by atoms with Crippen molar-refractivity contribution >= 4 is 0 Å². The lowest BCUT2D eigenvalue weighted by atomic mass is 9.75. The van der Waals surface area contributed by atoms with E-state index in [0.29, 0.717) is 38.6 Å². The van der Waals surface area contributed by atoms with Crippen molar-refractivity contribution in [3.63, 3.8) is 0 Å². The van der Waals surface area contributed by atoms with Crippen LogP contribution in [0.5, 0.6) is 0 Å². The first-order valence-corrected chi connectivity index (χ1v) is 6.46. The highest BCUT2D eigenvalue weighted by molar-refractivity contribution is 4.91. The lowest BCUT2D eigenvalue weighted by Crippen LogP contribution is -2.50. The third-order valence-electron chi connectivity index (χ3n) is 3.41. The average molecular weight is 288 g/mol. The molecule has 1 atom stereocenters. The van der Waals surface area contributed by atoms with Gasteiger partial charge in [0, 0.05) is 25.4 Å². The van der Waals surface area contributed by atoms with Crippen LogP contribution in [0.2, 0.25) is 0 Å². The summed E-state index contributed by atoms with van der Waals surface area (Å²) in [6.45, 7) is 0.866. The minimum Gasteiger partial charge on any atom is -0.396 e. The quantitative estimate of drug-likeness (QED) is 0.364. The van der Waals surface area contributed by atoms with E-state index >= 15 is 0 Å². The summed E-state index contributed by atoms with van der Waals surface area (Å²) >= 11 is 0. The Balaban J connectivity index is -0.00000128. The van der Waals surface area contributed by atoms with E-state index in [0.717, 1.165) is 6.42 Å². The Labute approximate surface area is 113 Å². The first kappa shape index (κ1) is 23.7. The number of hydrogen-bond acceptors (Lipinski definition) is 5. The molecule has 0 radical (unpaired) electrons. The van der Waals surface area contributed by atoms with Crippen LogP contribution in [-0.4, -0.2) is 47.2 Å². The van der Waals surface area contributed by atoms with Gasteiger partial charge in [-0.1, -0.05) is 0 Å². The van der Waals surface area contributed by atoms with Gasteiger partial charge in [-0.05, 0) is 51.0 Å². The van der Waals surface area contributed by atoms with Gasteiger partial charge in [-0.15, -0.1) is 0 Å². The van der Waals surface area contributed by atoms with E-state index in [-0.39, 0.29) is 35.1 Å². The monoisotopic (exact) mass is 288 g/mol. The Morgan fingerprint density at radius 1 is 0.842 bits per heavy atom. The van der Waals surface area contributed by atoms with Gasteiger partial charge in [-0.25, -0.2) is 0 Å². The van der Waals surface area contributed by atoms with Crippen LogP contribution in [-0.2, 0) is 0 Å². The highest BCUT2D eigenvalue weighted by atomic mass is 19.0. The minimum atomic E-state index is -0.435. The largest absolute Gasteiger partial charge is 0.396 e. The van der Waals surface area contributed by atoms with Crippen molar-refractivity contribution in [1.29, 1.82) is 0 Å². The van der Waals surface area contributed by atoms with Crippen LogP contribution in [0.1, 0.15) is 38.5 Å². The van der Waals surface area contributed by atoms with Gasteiger partial charge in [-0.3, -0.25) is 9.41 Å². The SMILES string of the molecule is F.F.NCC(CCCO)C(N)(CCCO)CCCO. The molecule has 1 unspecified atom stereocenters. The van der Waals surface area contributed by atoms with E-state index in [9.17, 15) is 0 Å². The van der Waals surface area contributed by atoms with E-state index in [2.05, 4.69) is 0 Å². The third kappa shape index (κ3) is 9.23. The number of hydrogen-bond donors (Lipinski definition) is 5. The van der Waals surface area contributed by atoms with Gasteiger partial charge in [0.2, 0.25) is 0 Å². The zero-order chi connectivity index (χ0) is 13.1. The molecule has 0 aromatic carbocycles. The molecule has 0 rings (SSSR count). The highest BCUT2D eigenvalue weighted by Crippen LogP contribution is 2.28. The van der Waals surface area contributed by atoms with Crippen molar-refractivity contribution in [3.05, 3.63) is 0 Å². The Morgan fingerprint density at radius 3 is 1.58 bits per heavy atom. The van der Waals surface area contributed by atoms with Gasteiger partial charge in [0.1, 0.15) is 0 Å². The molecule has 0 amide bonds.